The van der Waals surface area contributed by atoms with Gasteiger partial charge >= 0.3 is 0 Å². The number of hydrogen-bond acceptors (Lipinski definition) is 5. The lowest BCUT2D eigenvalue weighted by Crippen LogP contribution is -2.41. The van der Waals surface area contributed by atoms with Crippen molar-refractivity contribution < 1.29 is 13.2 Å². The van der Waals surface area contributed by atoms with Gasteiger partial charge in [-0.1, -0.05) is 0 Å². The zero-order valence-corrected chi connectivity index (χ0v) is 11.3. The molecule has 1 aliphatic heterocycles. The fourth-order valence-electron chi connectivity index (χ4n) is 2.20. The van der Waals surface area contributed by atoms with Gasteiger partial charge in [-0.15, -0.1) is 0 Å². The lowest BCUT2D eigenvalue weighted by atomic mass is 10.2. The molecule has 1 aromatic heterocycles. The van der Waals surface area contributed by atoms with Gasteiger partial charge in [0.15, 0.2) is 9.84 Å². The molecule has 2 heterocycles. The van der Waals surface area contributed by atoms with E-state index in [1.807, 2.05) is 0 Å². The van der Waals surface area contributed by atoms with E-state index in [0.717, 1.165) is 0 Å². The maximum atomic E-state index is 12.2. The Balaban J connectivity index is 2.20. The van der Waals surface area contributed by atoms with E-state index in [9.17, 15) is 18.0 Å². The highest BCUT2D eigenvalue weighted by molar-refractivity contribution is 7.91. The Hall–Kier alpha value is -1.70. The summed E-state index contributed by atoms with van der Waals surface area (Å²) in [5, 5.41) is 5.87. The maximum absolute atomic E-state index is 12.2. The lowest BCUT2D eigenvalue weighted by Gasteiger charge is -2.26. The summed E-state index contributed by atoms with van der Waals surface area (Å²) in [5.41, 5.74) is -0.270. The van der Waals surface area contributed by atoms with E-state index in [1.165, 1.54) is 17.0 Å². The average molecular weight is 285 g/mol. The first-order chi connectivity index (χ1) is 8.93. The molecule has 0 radical (unpaired) electrons. The van der Waals surface area contributed by atoms with Crippen molar-refractivity contribution in [1.82, 2.24) is 15.1 Å². The van der Waals surface area contributed by atoms with Crippen LogP contribution in [0.3, 0.4) is 0 Å². The van der Waals surface area contributed by atoms with E-state index >= 15 is 0 Å². The number of aromatic nitrogens is 2. The molecule has 1 fully saturated rings. The smallest absolute Gasteiger partial charge is 0.274 e. The summed E-state index contributed by atoms with van der Waals surface area (Å²) in [6.07, 6.45) is 0.450. The molecule has 1 atom stereocenters. The van der Waals surface area contributed by atoms with Crippen molar-refractivity contribution in [3.05, 3.63) is 28.2 Å². The minimum Gasteiger partial charge on any atom is -0.333 e. The Morgan fingerprint density at radius 2 is 2.26 bits per heavy atom. The van der Waals surface area contributed by atoms with Gasteiger partial charge in [-0.25, -0.2) is 13.5 Å². The SMILES string of the molecule is CCN(C(=O)c1ccc(=O)[nH]n1)C1CCS(=O)(=O)C1. The van der Waals surface area contributed by atoms with E-state index in [-0.39, 0.29) is 34.7 Å². The highest BCUT2D eigenvalue weighted by Crippen LogP contribution is 2.19. The summed E-state index contributed by atoms with van der Waals surface area (Å²) in [6, 6.07) is 2.25. The lowest BCUT2D eigenvalue weighted by molar-refractivity contribution is 0.0701. The van der Waals surface area contributed by atoms with Crippen molar-refractivity contribution in [1.29, 1.82) is 0 Å². The molecular formula is C11H15N3O4S. The molecule has 7 nitrogen and oxygen atoms in total. The molecule has 0 aliphatic carbocycles. The predicted octanol–water partition coefficient (Wildman–Crippen LogP) is -0.581. The van der Waals surface area contributed by atoms with Gasteiger partial charge in [0.05, 0.1) is 11.5 Å². The average Bonchev–Trinajstić information content (AvgIpc) is 2.71. The van der Waals surface area contributed by atoms with Crippen LogP contribution in [0.15, 0.2) is 16.9 Å². The second-order valence-corrected chi connectivity index (χ2v) is 6.68. The summed E-state index contributed by atoms with van der Waals surface area (Å²) < 4.78 is 22.9. The molecule has 1 aliphatic rings. The number of nitrogens with zero attached hydrogens (tertiary/aromatic N) is 2. The molecule has 8 heteroatoms. The molecule has 1 amide bonds. The molecule has 1 unspecified atom stereocenters. The second-order valence-electron chi connectivity index (χ2n) is 4.45. The molecule has 104 valence electrons. The number of nitrogens with one attached hydrogen (secondary N) is 1. The van der Waals surface area contributed by atoms with Crippen LogP contribution in [-0.4, -0.2) is 53.5 Å². The number of sulfone groups is 1. The first-order valence-corrected chi connectivity index (χ1v) is 7.82. The monoisotopic (exact) mass is 285 g/mol. The fourth-order valence-corrected chi connectivity index (χ4v) is 3.93. The molecule has 1 N–H and O–H groups in total. The highest BCUT2D eigenvalue weighted by atomic mass is 32.2. The van der Waals surface area contributed by atoms with Crippen molar-refractivity contribution in [3.8, 4) is 0 Å². The van der Waals surface area contributed by atoms with E-state index in [0.29, 0.717) is 13.0 Å². The maximum Gasteiger partial charge on any atom is 0.274 e. The number of carbonyl (C=O) groups is 1. The molecule has 2 rings (SSSR count). The third kappa shape index (κ3) is 3.01. The number of carbonyl (C=O) groups excluding carboxylic acids is 1. The van der Waals surface area contributed by atoms with Gasteiger partial charge < -0.3 is 4.90 Å². The Morgan fingerprint density at radius 3 is 2.74 bits per heavy atom. The van der Waals surface area contributed by atoms with Crippen LogP contribution >= 0.6 is 0 Å². The topological polar surface area (TPSA) is 100 Å². The van der Waals surface area contributed by atoms with Crippen LogP contribution in [0, 0.1) is 0 Å². The number of H-pyrrole nitrogens is 1. The van der Waals surface area contributed by atoms with E-state index in [4.69, 9.17) is 0 Å². The van der Waals surface area contributed by atoms with Crippen molar-refractivity contribution in [3.63, 3.8) is 0 Å². The number of hydrogen-bond donors (Lipinski definition) is 1. The van der Waals surface area contributed by atoms with E-state index in [1.54, 1.807) is 6.92 Å². The molecule has 0 saturated carbocycles. The Kier molecular flexibility index (Phi) is 3.70. The third-order valence-corrected chi connectivity index (χ3v) is 4.90. The number of amides is 1. The van der Waals surface area contributed by atoms with Crippen LogP contribution in [0.5, 0.6) is 0 Å². The van der Waals surface area contributed by atoms with Gasteiger partial charge in [0.2, 0.25) is 0 Å². The molecule has 0 aromatic carbocycles. The first-order valence-electron chi connectivity index (χ1n) is 6.00. The van der Waals surface area contributed by atoms with Gasteiger partial charge in [0.25, 0.3) is 11.5 Å². The summed E-state index contributed by atoms with van der Waals surface area (Å²) in [7, 11) is -3.05. The highest BCUT2D eigenvalue weighted by Gasteiger charge is 2.34. The van der Waals surface area contributed by atoms with Crippen molar-refractivity contribution in [2.75, 3.05) is 18.1 Å². The van der Waals surface area contributed by atoms with Crippen LogP contribution in [0.25, 0.3) is 0 Å². The van der Waals surface area contributed by atoms with Crippen LogP contribution in [0.4, 0.5) is 0 Å². The summed E-state index contributed by atoms with van der Waals surface area (Å²) >= 11 is 0. The summed E-state index contributed by atoms with van der Waals surface area (Å²) in [5.74, 6) is -0.253. The molecule has 1 saturated heterocycles. The van der Waals surface area contributed by atoms with Crippen LogP contribution in [0.1, 0.15) is 23.8 Å². The molecule has 0 bridgehead atoms. The molecule has 1 aromatic rings. The minimum absolute atomic E-state index is 0.00403. The van der Waals surface area contributed by atoms with Crippen molar-refractivity contribution in [2.24, 2.45) is 0 Å². The molecule has 19 heavy (non-hydrogen) atoms. The third-order valence-electron chi connectivity index (χ3n) is 3.15. The van der Waals surface area contributed by atoms with E-state index < -0.39 is 9.84 Å². The summed E-state index contributed by atoms with van der Waals surface area (Å²) in [4.78, 5) is 24.6. The molecular weight excluding hydrogens is 270 g/mol. The Bertz CT molecular complexity index is 617. The minimum atomic E-state index is -3.05. The first kappa shape index (κ1) is 13.7. The number of aromatic amines is 1. The number of rotatable bonds is 3. The largest absolute Gasteiger partial charge is 0.333 e. The quantitative estimate of drug-likeness (QED) is 0.800. The van der Waals surface area contributed by atoms with Crippen LogP contribution in [0.2, 0.25) is 0 Å². The summed E-state index contributed by atoms with van der Waals surface area (Å²) in [6.45, 7) is 2.19. The van der Waals surface area contributed by atoms with Crippen LogP contribution in [-0.2, 0) is 9.84 Å². The molecule has 0 spiro atoms. The van der Waals surface area contributed by atoms with Crippen molar-refractivity contribution in [2.45, 2.75) is 19.4 Å². The van der Waals surface area contributed by atoms with E-state index in [2.05, 4.69) is 10.2 Å². The standard InChI is InChI=1S/C11H15N3O4S/c1-2-14(8-5-6-19(17,18)7-8)11(16)9-3-4-10(15)13-12-9/h3-4,8H,2,5-7H2,1H3,(H,13,15). The zero-order valence-electron chi connectivity index (χ0n) is 10.5. The second kappa shape index (κ2) is 5.12. The van der Waals surface area contributed by atoms with Crippen LogP contribution < -0.4 is 5.56 Å². The zero-order chi connectivity index (χ0) is 14.0. The Labute approximate surface area is 110 Å². The van der Waals surface area contributed by atoms with Gasteiger partial charge in [0.1, 0.15) is 5.69 Å². The van der Waals surface area contributed by atoms with Gasteiger partial charge in [-0.3, -0.25) is 9.59 Å². The predicted molar refractivity (Wildman–Crippen MR) is 68.6 cm³/mol. The Morgan fingerprint density at radius 1 is 1.53 bits per heavy atom. The van der Waals surface area contributed by atoms with Crippen molar-refractivity contribution >= 4 is 15.7 Å². The fraction of sp³-hybridized carbons (Fsp3) is 0.545. The van der Waals surface area contributed by atoms with Gasteiger partial charge in [-0.2, -0.15) is 5.10 Å². The normalized spacial score (nSPS) is 21.2. The van der Waals surface area contributed by atoms with Gasteiger partial charge in [0, 0.05) is 18.7 Å². The van der Waals surface area contributed by atoms with Gasteiger partial charge in [-0.05, 0) is 19.4 Å².